The van der Waals surface area contributed by atoms with E-state index in [1.54, 1.807) is 6.92 Å². The molecule has 1 aliphatic heterocycles. The van der Waals surface area contributed by atoms with Crippen LogP contribution in [0.2, 0.25) is 5.02 Å². The molecule has 0 bridgehead atoms. The first-order valence-electron chi connectivity index (χ1n) is 8.23. The Balaban J connectivity index is 1.62. The number of hydrogen-bond donors (Lipinski definition) is 0. The molecule has 0 radical (unpaired) electrons. The molecule has 3 rings (SSSR count). The number of hydrogen-bond acceptors (Lipinski definition) is 4. The number of aromatic nitrogens is 1. The van der Waals surface area contributed by atoms with Crippen molar-refractivity contribution in [2.45, 2.75) is 26.8 Å². The van der Waals surface area contributed by atoms with Crippen molar-refractivity contribution < 1.29 is 9.32 Å². The van der Waals surface area contributed by atoms with Gasteiger partial charge in [0.1, 0.15) is 11.3 Å². The first-order chi connectivity index (χ1) is 11.5. The van der Waals surface area contributed by atoms with Crippen LogP contribution in [0.4, 0.5) is 0 Å². The Morgan fingerprint density at radius 2 is 1.92 bits per heavy atom. The van der Waals surface area contributed by atoms with Crippen molar-refractivity contribution in [3.63, 3.8) is 0 Å². The average Bonchev–Trinajstić information content (AvgIpc) is 2.76. The van der Waals surface area contributed by atoms with E-state index in [2.05, 4.69) is 22.2 Å². The van der Waals surface area contributed by atoms with Gasteiger partial charge in [-0.15, -0.1) is 0 Å². The third kappa shape index (κ3) is 3.79. The van der Waals surface area contributed by atoms with Gasteiger partial charge in [0.25, 0.3) is 5.91 Å². The summed E-state index contributed by atoms with van der Waals surface area (Å²) in [5, 5.41) is 4.65. The summed E-state index contributed by atoms with van der Waals surface area (Å²) in [4.78, 5) is 17.0. The molecule has 1 fully saturated rings. The molecule has 0 atom stereocenters. The summed E-state index contributed by atoms with van der Waals surface area (Å²) in [5.41, 5.74) is 2.52. The second kappa shape index (κ2) is 7.36. The summed E-state index contributed by atoms with van der Waals surface area (Å²) < 4.78 is 5.13. The van der Waals surface area contributed by atoms with Gasteiger partial charge in [0.2, 0.25) is 0 Å². The van der Waals surface area contributed by atoms with E-state index >= 15 is 0 Å². The van der Waals surface area contributed by atoms with Gasteiger partial charge in [-0.1, -0.05) is 28.9 Å². The molecule has 1 amide bonds. The molecular formula is C18H22ClN3O2. The van der Waals surface area contributed by atoms with E-state index in [0.717, 1.165) is 44.2 Å². The molecule has 2 aromatic rings. The average molecular weight is 348 g/mol. The zero-order chi connectivity index (χ0) is 17.1. The largest absolute Gasteiger partial charge is 0.361 e. The standard InChI is InChI=1S/C18H22ClN3O2/c1-13-17(14(2)24-20-13)18(23)22-9-3-8-21(10-11-22)12-15-4-6-16(19)7-5-15/h4-7H,3,8-12H2,1-2H3. The summed E-state index contributed by atoms with van der Waals surface area (Å²) in [6.07, 6.45) is 0.961. The van der Waals surface area contributed by atoms with Gasteiger partial charge >= 0.3 is 0 Å². The maximum absolute atomic E-state index is 12.8. The highest BCUT2D eigenvalue weighted by atomic mass is 35.5. The number of nitrogens with zero attached hydrogens (tertiary/aromatic N) is 3. The fraction of sp³-hybridized carbons (Fsp3) is 0.444. The van der Waals surface area contributed by atoms with E-state index in [1.807, 2.05) is 24.0 Å². The Morgan fingerprint density at radius 1 is 1.17 bits per heavy atom. The van der Waals surface area contributed by atoms with Gasteiger partial charge in [-0.25, -0.2) is 0 Å². The van der Waals surface area contributed by atoms with Crippen LogP contribution in [0.5, 0.6) is 0 Å². The SMILES string of the molecule is Cc1noc(C)c1C(=O)N1CCCN(Cc2ccc(Cl)cc2)CC1. The summed E-state index contributed by atoms with van der Waals surface area (Å²) >= 11 is 5.94. The maximum atomic E-state index is 12.8. The van der Waals surface area contributed by atoms with Crippen molar-refractivity contribution in [1.29, 1.82) is 0 Å². The van der Waals surface area contributed by atoms with Gasteiger partial charge in [-0.2, -0.15) is 0 Å². The Kier molecular flexibility index (Phi) is 5.21. The van der Waals surface area contributed by atoms with Crippen molar-refractivity contribution in [1.82, 2.24) is 15.0 Å². The molecule has 0 N–H and O–H groups in total. The van der Waals surface area contributed by atoms with E-state index in [-0.39, 0.29) is 5.91 Å². The summed E-state index contributed by atoms with van der Waals surface area (Å²) in [7, 11) is 0. The first-order valence-corrected chi connectivity index (χ1v) is 8.61. The van der Waals surface area contributed by atoms with Crippen LogP contribution in [0, 0.1) is 13.8 Å². The number of amides is 1. The van der Waals surface area contributed by atoms with Crippen molar-refractivity contribution in [2.24, 2.45) is 0 Å². The Morgan fingerprint density at radius 3 is 2.58 bits per heavy atom. The minimum Gasteiger partial charge on any atom is -0.361 e. The second-order valence-electron chi connectivity index (χ2n) is 6.25. The van der Waals surface area contributed by atoms with Gasteiger partial charge < -0.3 is 9.42 Å². The molecular weight excluding hydrogens is 326 g/mol. The van der Waals surface area contributed by atoms with Crippen LogP contribution < -0.4 is 0 Å². The number of carbonyl (C=O) groups excluding carboxylic acids is 1. The molecule has 5 nitrogen and oxygen atoms in total. The van der Waals surface area contributed by atoms with Gasteiger partial charge in [0, 0.05) is 37.7 Å². The van der Waals surface area contributed by atoms with Crippen LogP contribution in [0.1, 0.15) is 33.8 Å². The predicted molar refractivity (Wildman–Crippen MR) is 93.2 cm³/mol. The van der Waals surface area contributed by atoms with E-state index in [0.29, 0.717) is 17.0 Å². The van der Waals surface area contributed by atoms with Gasteiger partial charge in [0.15, 0.2) is 0 Å². The van der Waals surface area contributed by atoms with Crippen LogP contribution in [0.15, 0.2) is 28.8 Å². The number of benzene rings is 1. The third-order valence-electron chi connectivity index (χ3n) is 4.44. The van der Waals surface area contributed by atoms with Crippen LogP contribution in [0.3, 0.4) is 0 Å². The quantitative estimate of drug-likeness (QED) is 0.854. The molecule has 0 aliphatic carbocycles. The van der Waals surface area contributed by atoms with E-state index in [4.69, 9.17) is 16.1 Å². The zero-order valence-electron chi connectivity index (χ0n) is 14.1. The van der Waals surface area contributed by atoms with Crippen LogP contribution in [-0.4, -0.2) is 47.0 Å². The lowest BCUT2D eigenvalue weighted by Gasteiger charge is -2.22. The lowest BCUT2D eigenvalue weighted by atomic mass is 10.1. The fourth-order valence-corrected chi connectivity index (χ4v) is 3.25. The summed E-state index contributed by atoms with van der Waals surface area (Å²) in [6, 6.07) is 7.95. The third-order valence-corrected chi connectivity index (χ3v) is 4.69. The minimum atomic E-state index is 0.0274. The number of carbonyl (C=O) groups is 1. The highest BCUT2D eigenvalue weighted by Crippen LogP contribution is 2.17. The van der Waals surface area contributed by atoms with Gasteiger partial charge in [0.05, 0.1) is 5.69 Å². The monoisotopic (exact) mass is 347 g/mol. The smallest absolute Gasteiger partial charge is 0.259 e. The number of aryl methyl sites for hydroxylation is 2. The van der Waals surface area contributed by atoms with Gasteiger partial charge in [-0.05, 0) is 38.0 Å². The lowest BCUT2D eigenvalue weighted by Crippen LogP contribution is -2.35. The van der Waals surface area contributed by atoms with Crippen molar-refractivity contribution in [2.75, 3.05) is 26.2 Å². The molecule has 1 aromatic carbocycles. The van der Waals surface area contributed by atoms with Gasteiger partial charge in [-0.3, -0.25) is 9.69 Å². The Bertz CT molecular complexity index is 692. The molecule has 2 heterocycles. The molecule has 1 saturated heterocycles. The summed E-state index contributed by atoms with van der Waals surface area (Å²) in [6.45, 7) is 7.80. The minimum absolute atomic E-state index is 0.0274. The summed E-state index contributed by atoms with van der Waals surface area (Å²) in [5.74, 6) is 0.624. The maximum Gasteiger partial charge on any atom is 0.259 e. The first kappa shape index (κ1) is 17.0. The molecule has 24 heavy (non-hydrogen) atoms. The topological polar surface area (TPSA) is 49.6 Å². The van der Waals surface area contributed by atoms with E-state index in [1.165, 1.54) is 5.56 Å². The normalized spacial score (nSPS) is 16.2. The lowest BCUT2D eigenvalue weighted by molar-refractivity contribution is 0.0758. The van der Waals surface area contributed by atoms with Crippen molar-refractivity contribution in [3.05, 3.63) is 51.9 Å². The molecule has 128 valence electrons. The zero-order valence-corrected chi connectivity index (χ0v) is 14.8. The molecule has 1 aromatic heterocycles. The van der Waals surface area contributed by atoms with E-state index in [9.17, 15) is 4.79 Å². The van der Waals surface area contributed by atoms with E-state index < -0.39 is 0 Å². The molecule has 1 aliphatic rings. The highest BCUT2D eigenvalue weighted by Gasteiger charge is 2.25. The number of rotatable bonds is 3. The van der Waals surface area contributed by atoms with Crippen LogP contribution in [0.25, 0.3) is 0 Å². The molecule has 6 heteroatoms. The fourth-order valence-electron chi connectivity index (χ4n) is 3.13. The molecule has 0 spiro atoms. The Hall–Kier alpha value is -1.85. The number of halogens is 1. The molecule has 0 unspecified atom stereocenters. The van der Waals surface area contributed by atoms with Crippen molar-refractivity contribution in [3.8, 4) is 0 Å². The highest BCUT2D eigenvalue weighted by molar-refractivity contribution is 6.30. The van der Waals surface area contributed by atoms with Crippen LogP contribution in [-0.2, 0) is 6.54 Å². The second-order valence-corrected chi connectivity index (χ2v) is 6.68. The predicted octanol–water partition coefficient (Wildman–Crippen LogP) is 3.29. The van der Waals surface area contributed by atoms with Crippen molar-refractivity contribution >= 4 is 17.5 Å². The van der Waals surface area contributed by atoms with Crippen LogP contribution >= 0.6 is 11.6 Å². The Labute approximate surface area is 147 Å². The molecule has 0 saturated carbocycles.